The van der Waals surface area contributed by atoms with Gasteiger partial charge >= 0.3 is 270 Å². The summed E-state index contributed by atoms with van der Waals surface area (Å²) in [7, 11) is 0. The molecule has 3 N–H and O–H groups in total. The number of benzene rings is 2. The average Bonchev–Trinajstić information content (AvgIpc) is 3.33. The van der Waals surface area contributed by atoms with Crippen molar-refractivity contribution < 1.29 is 38.7 Å². The third kappa shape index (κ3) is 7.25. The Labute approximate surface area is 268 Å². The summed E-state index contributed by atoms with van der Waals surface area (Å²) in [6.45, 7) is 6.59. The zero-order chi connectivity index (χ0) is 32.0. The first-order chi connectivity index (χ1) is 20.6. The molecule has 11 nitrogen and oxygen atoms in total. The van der Waals surface area contributed by atoms with Crippen LogP contribution < -0.4 is 10.9 Å². The quantitative estimate of drug-likeness (QED) is 0.220. The van der Waals surface area contributed by atoms with Crippen LogP contribution in [-0.2, 0) is 21.8 Å². The molecule has 2 aliphatic heterocycles. The van der Waals surface area contributed by atoms with Gasteiger partial charge in [0.05, 0.1) is 0 Å². The first kappa shape index (κ1) is 33.1. The van der Waals surface area contributed by atoms with Gasteiger partial charge < -0.3 is 0 Å². The minimum absolute atomic E-state index is 0.0476. The molecular weight excluding hydrogens is 745 g/mol. The van der Waals surface area contributed by atoms with Crippen LogP contribution in [0.5, 0.6) is 0 Å². The molecule has 0 bridgehead atoms. The summed E-state index contributed by atoms with van der Waals surface area (Å²) >= 11 is 9.37. The van der Waals surface area contributed by atoms with Crippen molar-refractivity contribution in [1.29, 1.82) is 0 Å². The number of alkyl halides is 3. The van der Waals surface area contributed by atoms with Crippen molar-refractivity contribution in [3.63, 3.8) is 0 Å². The number of hydrogen-bond donors (Lipinski definition) is 3. The number of hydrazine groups is 1. The molecule has 0 radical (unpaired) electrons. The Balaban J connectivity index is 1.52. The number of halogens is 6. The van der Waals surface area contributed by atoms with Gasteiger partial charge in [-0.3, -0.25) is 0 Å². The average molecular weight is 774 g/mol. The summed E-state index contributed by atoms with van der Waals surface area (Å²) in [4.78, 5) is 16.8. The third-order valence-corrected chi connectivity index (χ3v) is 10.9. The molecule has 5 rings (SSSR count). The van der Waals surface area contributed by atoms with Gasteiger partial charge in [-0.1, -0.05) is 0 Å². The van der Waals surface area contributed by atoms with Gasteiger partial charge in [0.25, 0.3) is 0 Å². The van der Waals surface area contributed by atoms with E-state index in [1.807, 2.05) is 30.3 Å². The van der Waals surface area contributed by atoms with Crippen LogP contribution in [0, 0.1) is 10.5 Å². The van der Waals surface area contributed by atoms with Crippen molar-refractivity contribution in [2.24, 2.45) is 0 Å². The van der Waals surface area contributed by atoms with Gasteiger partial charge in [0.2, 0.25) is 0 Å². The van der Waals surface area contributed by atoms with E-state index < -0.39 is 80.2 Å². The molecule has 3 aromatic rings. The van der Waals surface area contributed by atoms with Crippen molar-refractivity contribution in [2.45, 2.75) is 69.9 Å². The van der Waals surface area contributed by atoms with E-state index in [4.69, 9.17) is 38.8 Å². The summed E-state index contributed by atoms with van der Waals surface area (Å²) in [5.41, 5.74) is 2.84. The molecule has 2 fully saturated rings. The van der Waals surface area contributed by atoms with E-state index in [9.17, 15) is 23.1 Å². The first-order valence-corrected chi connectivity index (χ1v) is 16.9. The van der Waals surface area contributed by atoms with Crippen molar-refractivity contribution in [3.8, 4) is 5.69 Å². The van der Waals surface area contributed by atoms with E-state index in [-0.39, 0.29) is 28.3 Å². The number of aromatic nitrogens is 3. The maximum absolute atomic E-state index is 14.1. The van der Waals surface area contributed by atoms with Crippen LogP contribution in [0.2, 0.25) is 10.0 Å². The van der Waals surface area contributed by atoms with Gasteiger partial charge in [0.1, 0.15) is 0 Å². The zero-order valence-electron chi connectivity index (χ0n) is 23.7. The van der Waals surface area contributed by atoms with E-state index in [0.717, 1.165) is 14.3 Å². The van der Waals surface area contributed by atoms with E-state index in [1.165, 1.54) is 6.92 Å². The van der Waals surface area contributed by atoms with Crippen LogP contribution in [0.3, 0.4) is 0 Å². The molecule has 1 aromatic heterocycles. The Morgan fingerprint density at radius 2 is 1.84 bits per heavy atom. The predicted molar refractivity (Wildman–Crippen MR) is 161 cm³/mol. The van der Waals surface area contributed by atoms with Gasteiger partial charge in [0.15, 0.2) is 0 Å². The fourth-order valence-electron chi connectivity index (χ4n) is 4.64. The van der Waals surface area contributed by atoms with E-state index >= 15 is 0 Å². The van der Waals surface area contributed by atoms with Crippen molar-refractivity contribution in [2.75, 3.05) is 6.61 Å². The van der Waals surface area contributed by atoms with Gasteiger partial charge in [-0.15, -0.1) is 0 Å². The number of amides is 1. The topological polar surface area (TPSA) is 129 Å². The Morgan fingerprint density at radius 1 is 1.16 bits per heavy atom. The van der Waals surface area contributed by atoms with Crippen molar-refractivity contribution in [1.82, 2.24) is 25.6 Å². The summed E-state index contributed by atoms with van der Waals surface area (Å²) in [5, 5.41) is 15.4. The van der Waals surface area contributed by atoms with E-state index in [0.29, 0.717) is 6.07 Å². The molecule has 1 amide bonds. The molecule has 3 unspecified atom stereocenters. The molecule has 44 heavy (non-hydrogen) atoms. The number of rotatable bonds is 5. The van der Waals surface area contributed by atoms with Crippen LogP contribution in [0.1, 0.15) is 44.1 Å². The number of carbonyl (C=O) groups is 1. The van der Waals surface area contributed by atoms with E-state index in [1.54, 1.807) is 20.8 Å². The molecule has 2 aliphatic rings. The van der Waals surface area contributed by atoms with Crippen LogP contribution in [-0.4, -0.2) is 62.5 Å². The standard InChI is InChI=1S/C27H29Cl2F3IN5O6/c1-13-34-24(38(37-13)18-11-17(29)16(28)10-15(18)27(30,31)32)23-21(39)20(35-36-25(40)43-26(2,3)4)22-19(42-23)12-41-33(44-22)14-8-6-5-7-9-14/h5-11,19-23,35,39H,12H2,1-4H3,(H,36,40)/t19?,20?,21?,22-,23+/m0/s1. The van der Waals surface area contributed by atoms with E-state index in [2.05, 4.69) is 20.9 Å². The summed E-state index contributed by atoms with van der Waals surface area (Å²) < 4.78 is 68.1. The van der Waals surface area contributed by atoms with Crippen molar-refractivity contribution >= 4 is 49.9 Å². The molecular formula is C27H29Cl2F3IN5O6. The Hall–Kier alpha value is -2.25. The minimum atomic E-state index is -4.83. The molecule has 0 aliphatic carbocycles. The molecule has 2 saturated heterocycles. The van der Waals surface area contributed by atoms with Crippen LogP contribution in [0.25, 0.3) is 5.69 Å². The second-order valence-corrected chi connectivity index (χ2v) is 15.4. The van der Waals surface area contributed by atoms with Crippen molar-refractivity contribution in [3.05, 3.63) is 73.3 Å². The Bertz CT molecular complexity index is 1510. The van der Waals surface area contributed by atoms with Gasteiger partial charge in [0, 0.05) is 0 Å². The third-order valence-electron chi connectivity index (χ3n) is 6.45. The van der Waals surface area contributed by atoms with Crippen LogP contribution >= 0.6 is 43.9 Å². The number of aryl methyl sites for hydroxylation is 1. The SMILES string of the molecule is Cc1nc([C@@H]2OC3COI(c4ccccc4)O[C@@H]3C(NNC(=O)OC(C)(C)C)C2O)n(-c2cc(Cl)c(Cl)cc2C(F)(F)F)n1. The normalized spacial score (nSPS) is 25.0. The fourth-order valence-corrected chi connectivity index (χ4v) is 8.62. The summed E-state index contributed by atoms with van der Waals surface area (Å²) in [6.07, 6.45) is -10.2. The molecule has 0 saturated carbocycles. The van der Waals surface area contributed by atoms with Crippen LogP contribution in [0.4, 0.5) is 18.0 Å². The number of carbonyl (C=O) groups excluding carboxylic acids is 1. The zero-order valence-corrected chi connectivity index (χ0v) is 27.4. The summed E-state index contributed by atoms with van der Waals surface area (Å²) in [5.74, 6) is -0.0486. The molecule has 17 heteroatoms. The number of hydrogen-bond acceptors (Lipinski definition) is 9. The molecule has 0 spiro atoms. The fraction of sp³-hybridized carbons (Fsp3) is 0.444. The first-order valence-electron chi connectivity index (χ1n) is 13.3. The maximum atomic E-state index is 14.1. The van der Waals surface area contributed by atoms with Gasteiger partial charge in [-0.25, -0.2) is 0 Å². The van der Waals surface area contributed by atoms with Gasteiger partial charge in [-0.2, -0.15) is 0 Å². The molecule has 2 aromatic carbocycles. The Morgan fingerprint density at radius 3 is 2.50 bits per heavy atom. The van der Waals surface area contributed by atoms with Crippen LogP contribution in [0.15, 0.2) is 42.5 Å². The number of aliphatic hydroxyl groups is 1. The molecule has 3 heterocycles. The number of nitrogens with one attached hydrogen (secondary N) is 2. The second-order valence-electron chi connectivity index (χ2n) is 10.9. The Kier molecular flexibility index (Phi) is 9.68. The number of fused-ring (bicyclic) bond motifs is 1. The predicted octanol–water partition coefficient (Wildman–Crippen LogP) is 5.72. The monoisotopic (exact) mass is 773 g/mol. The van der Waals surface area contributed by atoms with Gasteiger partial charge in [-0.05, 0) is 0 Å². The number of aliphatic hydroxyl groups excluding tert-OH is 1. The number of ether oxygens (including phenoxy) is 2. The molecule has 5 atom stereocenters. The summed E-state index contributed by atoms with van der Waals surface area (Å²) in [6, 6.07) is 9.97. The number of nitrogens with zero attached hydrogens (tertiary/aromatic N) is 3. The molecule has 240 valence electrons. The second kappa shape index (κ2) is 12.9.